The van der Waals surface area contributed by atoms with Crippen molar-refractivity contribution >= 4 is 11.7 Å². The van der Waals surface area contributed by atoms with E-state index in [4.69, 9.17) is 10.5 Å². The second kappa shape index (κ2) is 9.04. The van der Waals surface area contributed by atoms with Crippen LogP contribution in [0, 0.1) is 12.8 Å². The molecule has 0 aromatic carbocycles. The molecule has 1 aliphatic rings. The molecule has 0 saturated heterocycles. The van der Waals surface area contributed by atoms with Crippen LogP contribution >= 0.6 is 0 Å². The number of amides is 1. The SMILES string of the molecule is CCC(NC(=O)c1ccc(N)nc1)C1CCC(c2ccnc(OC)c2C)CC1. The van der Waals surface area contributed by atoms with Crippen molar-refractivity contribution in [2.24, 2.45) is 5.92 Å². The molecule has 3 rings (SSSR count). The minimum absolute atomic E-state index is 0.0730. The van der Waals surface area contributed by atoms with Gasteiger partial charge in [0.1, 0.15) is 5.82 Å². The summed E-state index contributed by atoms with van der Waals surface area (Å²) >= 11 is 0. The molecule has 1 saturated carbocycles. The summed E-state index contributed by atoms with van der Waals surface area (Å²) in [6, 6.07) is 5.68. The minimum Gasteiger partial charge on any atom is -0.481 e. The number of nitrogen functional groups attached to an aromatic ring is 1. The molecule has 0 spiro atoms. The molecule has 3 N–H and O–H groups in total. The molecule has 6 nitrogen and oxygen atoms in total. The van der Waals surface area contributed by atoms with Crippen LogP contribution in [-0.4, -0.2) is 29.0 Å². The van der Waals surface area contributed by atoms with Gasteiger partial charge >= 0.3 is 0 Å². The predicted molar refractivity (Wildman–Crippen MR) is 110 cm³/mol. The lowest BCUT2D eigenvalue weighted by atomic mass is 9.75. The third kappa shape index (κ3) is 4.43. The van der Waals surface area contributed by atoms with E-state index in [1.165, 1.54) is 11.8 Å². The highest BCUT2D eigenvalue weighted by Crippen LogP contribution is 2.39. The fraction of sp³-hybridized carbons (Fsp3) is 0.500. The van der Waals surface area contributed by atoms with Crippen LogP contribution in [0.25, 0.3) is 0 Å². The Hall–Kier alpha value is -2.63. The molecule has 1 fully saturated rings. The van der Waals surface area contributed by atoms with Crippen molar-refractivity contribution in [2.75, 3.05) is 12.8 Å². The van der Waals surface area contributed by atoms with E-state index >= 15 is 0 Å². The zero-order valence-corrected chi connectivity index (χ0v) is 16.9. The topological polar surface area (TPSA) is 90.1 Å². The van der Waals surface area contributed by atoms with E-state index < -0.39 is 0 Å². The largest absolute Gasteiger partial charge is 0.481 e. The van der Waals surface area contributed by atoms with E-state index in [1.807, 2.05) is 6.20 Å². The van der Waals surface area contributed by atoms with Gasteiger partial charge < -0.3 is 15.8 Å². The quantitative estimate of drug-likeness (QED) is 0.792. The summed E-state index contributed by atoms with van der Waals surface area (Å²) in [7, 11) is 1.67. The van der Waals surface area contributed by atoms with Crippen LogP contribution in [0.3, 0.4) is 0 Å². The summed E-state index contributed by atoms with van der Waals surface area (Å²) in [6.45, 7) is 4.22. The number of nitrogens with two attached hydrogens (primary N) is 1. The van der Waals surface area contributed by atoms with Crippen LogP contribution in [0.1, 0.15) is 66.4 Å². The third-order valence-electron chi connectivity index (χ3n) is 5.98. The fourth-order valence-corrected chi connectivity index (χ4v) is 4.36. The molecule has 0 aliphatic heterocycles. The van der Waals surface area contributed by atoms with Gasteiger partial charge in [0, 0.05) is 24.0 Å². The number of nitrogens with zero attached hydrogens (tertiary/aromatic N) is 2. The number of rotatable bonds is 6. The van der Waals surface area contributed by atoms with E-state index in [9.17, 15) is 4.79 Å². The standard InChI is InChI=1S/C22H30N4O2/c1-4-19(26-21(27)17-9-10-20(23)25-13-17)16-7-5-15(6-8-16)18-11-12-24-22(28-3)14(18)2/h9-13,15-16,19H,4-8H2,1-3H3,(H2,23,25)(H,26,27). The van der Waals surface area contributed by atoms with Crippen LogP contribution in [0.2, 0.25) is 0 Å². The highest BCUT2D eigenvalue weighted by molar-refractivity contribution is 5.94. The number of aromatic nitrogens is 2. The highest BCUT2D eigenvalue weighted by atomic mass is 16.5. The molecule has 1 aliphatic carbocycles. The number of hydrogen-bond donors (Lipinski definition) is 2. The van der Waals surface area contributed by atoms with Crippen LogP contribution in [-0.2, 0) is 0 Å². The zero-order valence-electron chi connectivity index (χ0n) is 16.9. The lowest BCUT2D eigenvalue weighted by molar-refractivity contribution is 0.0909. The maximum Gasteiger partial charge on any atom is 0.253 e. The number of ether oxygens (including phenoxy) is 1. The molecule has 6 heteroatoms. The summed E-state index contributed by atoms with van der Waals surface area (Å²) < 4.78 is 5.37. The van der Waals surface area contributed by atoms with Crippen molar-refractivity contribution in [3.8, 4) is 5.88 Å². The smallest absolute Gasteiger partial charge is 0.253 e. The molecule has 0 radical (unpaired) electrons. The Labute approximate surface area is 166 Å². The van der Waals surface area contributed by atoms with Crippen molar-refractivity contribution in [2.45, 2.75) is 57.9 Å². The first-order valence-corrected chi connectivity index (χ1v) is 10.0. The Kier molecular flexibility index (Phi) is 6.49. The molecule has 1 atom stereocenters. The van der Waals surface area contributed by atoms with Gasteiger partial charge in [-0.05, 0) is 74.6 Å². The Balaban J connectivity index is 1.61. The van der Waals surface area contributed by atoms with Gasteiger partial charge in [-0.3, -0.25) is 4.79 Å². The molecular weight excluding hydrogens is 352 g/mol. The van der Waals surface area contributed by atoms with Crippen LogP contribution in [0.15, 0.2) is 30.6 Å². The summed E-state index contributed by atoms with van der Waals surface area (Å²) in [4.78, 5) is 20.9. The van der Waals surface area contributed by atoms with Gasteiger partial charge in [-0.2, -0.15) is 0 Å². The average molecular weight is 383 g/mol. The molecular formula is C22H30N4O2. The maximum absolute atomic E-state index is 12.6. The lowest BCUT2D eigenvalue weighted by Gasteiger charge is -2.34. The Morgan fingerprint density at radius 3 is 2.61 bits per heavy atom. The highest BCUT2D eigenvalue weighted by Gasteiger charge is 2.29. The maximum atomic E-state index is 12.6. The van der Waals surface area contributed by atoms with Gasteiger partial charge in [-0.15, -0.1) is 0 Å². The van der Waals surface area contributed by atoms with Crippen LogP contribution in [0.5, 0.6) is 5.88 Å². The number of hydrogen-bond acceptors (Lipinski definition) is 5. The zero-order chi connectivity index (χ0) is 20.1. The van der Waals surface area contributed by atoms with Crippen molar-refractivity contribution in [3.05, 3.63) is 47.3 Å². The Morgan fingerprint density at radius 2 is 2.00 bits per heavy atom. The number of carbonyl (C=O) groups is 1. The van der Waals surface area contributed by atoms with Gasteiger partial charge in [-0.25, -0.2) is 9.97 Å². The second-order valence-electron chi connectivity index (χ2n) is 7.61. The van der Waals surface area contributed by atoms with Crippen molar-refractivity contribution in [3.63, 3.8) is 0 Å². The van der Waals surface area contributed by atoms with Crippen molar-refractivity contribution < 1.29 is 9.53 Å². The van der Waals surface area contributed by atoms with E-state index in [0.717, 1.165) is 43.5 Å². The molecule has 1 amide bonds. The number of anilines is 1. The number of methoxy groups -OCH3 is 1. The van der Waals surface area contributed by atoms with E-state index in [2.05, 4.69) is 35.2 Å². The first-order chi connectivity index (χ1) is 13.5. The third-order valence-corrected chi connectivity index (χ3v) is 5.98. The first-order valence-electron chi connectivity index (χ1n) is 10.0. The normalized spacial score (nSPS) is 20.4. The van der Waals surface area contributed by atoms with Crippen molar-refractivity contribution in [1.82, 2.24) is 15.3 Å². The van der Waals surface area contributed by atoms with E-state index in [-0.39, 0.29) is 11.9 Å². The lowest BCUT2D eigenvalue weighted by Crippen LogP contribution is -2.41. The summed E-state index contributed by atoms with van der Waals surface area (Å²) in [6.07, 6.45) is 8.74. The minimum atomic E-state index is -0.0730. The molecule has 150 valence electrons. The number of pyridine rings is 2. The van der Waals surface area contributed by atoms with Gasteiger partial charge in [0.2, 0.25) is 5.88 Å². The Morgan fingerprint density at radius 1 is 1.25 bits per heavy atom. The fourth-order valence-electron chi connectivity index (χ4n) is 4.36. The van der Waals surface area contributed by atoms with Crippen LogP contribution in [0.4, 0.5) is 5.82 Å². The van der Waals surface area contributed by atoms with Crippen LogP contribution < -0.4 is 15.8 Å². The molecule has 1 unspecified atom stereocenters. The monoisotopic (exact) mass is 382 g/mol. The van der Waals surface area contributed by atoms with Gasteiger partial charge in [0.25, 0.3) is 5.91 Å². The summed E-state index contributed by atoms with van der Waals surface area (Å²) in [5.74, 6) is 2.09. The molecule has 2 aromatic rings. The number of carbonyl (C=O) groups excluding carboxylic acids is 1. The van der Waals surface area contributed by atoms with Gasteiger partial charge in [0.05, 0.1) is 12.7 Å². The summed E-state index contributed by atoms with van der Waals surface area (Å²) in [5.41, 5.74) is 8.65. The molecule has 2 aromatic heterocycles. The molecule has 28 heavy (non-hydrogen) atoms. The second-order valence-corrected chi connectivity index (χ2v) is 7.61. The predicted octanol–water partition coefficient (Wildman–Crippen LogP) is 3.86. The Bertz CT molecular complexity index is 799. The van der Waals surface area contributed by atoms with E-state index in [0.29, 0.717) is 23.2 Å². The van der Waals surface area contributed by atoms with Gasteiger partial charge in [0.15, 0.2) is 0 Å². The number of nitrogens with one attached hydrogen (secondary N) is 1. The molecule has 0 bridgehead atoms. The average Bonchev–Trinajstić information content (AvgIpc) is 2.73. The van der Waals surface area contributed by atoms with Crippen molar-refractivity contribution in [1.29, 1.82) is 0 Å². The van der Waals surface area contributed by atoms with E-state index in [1.54, 1.807) is 19.2 Å². The summed E-state index contributed by atoms with van der Waals surface area (Å²) in [5, 5.41) is 3.21. The van der Waals surface area contributed by atoms with Gasteiger partial charge in [-0.1, -0.05) is 6.92 Å². The molecule has 2 heterocycles. The first kappa shape index (κ1) is 20.1.